The van der Waals surface area contributed by atoms with Crippen molar-refractivity contribution in [2.75, 3.05) is 7.11 Å². The van der Waals surface area contributed by atoms with Crippen molar-refractivity contribution < 1.29 is 9.53 Å². The van der Waals surface area contributed by atoms with E-state index in [2.05, 4.69) is 72.8 Å². The number of carbonyl (C=O) groups excluding carboxylic acids is 1. The molecular weight excluding hydrogens is 647 g/mol. The van der Waals surface area contributed by atoms with Crippen LogP contribution in [0.25, 0.3) is 22.5 Å². The van der Waals surface area contributed by atoms with Crippen LogP contribution in [0.4, 0.5) is 0 Å². The standard InChI is InChI=1S/C44H39N5O3/c1-3-4-25-38-29-34(43(51)52-2)30-41(50)48(38)31-32-26-27-39(33-17-9-5-10-18-33)40(28-32)42-45-46-47-49(42)44(35-19-11-6-12-20-35,36-21-13-7-14-22-36)37-23-15-8-16-24-37/h5-24,26-30H,3-4,25,31H2,1-2H3. The topological polar surface area (TPSA) is 91.9 Å². The maximum absolute atomic E-state index is 13.6. The Hall–Kier alpha value is -6.41. The van der Waals surface area contributed by atoms with Crippen LogP contribution in [0.15, 0.2) is 156 Å². The van der Waals surface area contributed by atoms with E-state index in [4.69, 9.17) is 15.0 Å². The van der Waals surface area contributed by atoms with Crippen molar-refractivity contribution in [2.24, 2.45) is 0 Å². The molecule has 7 aromatic rings. The summed E-state index contributed by atoms with van der Waals surface area (Å²) in [5, 5.41) is 13.9. The molecule has 0 radical (unpaired) electrons. The summed E-state index contributed by atoms with van der Waals surface area (Å²) in [6.45, 7) is 2.40. The number of ether oxygens (including phenoxy) is 1. The number of carbonyl (C=O) groups is 1. The minimum absolute atomic E-state index is 0.258. The van der Waals surface area contributed by atoms with Gasteiger partial charge < -0.3 is 9.30 Å². The maximum Gasteiger partial charge on any atom is 0.338 e. The lowest BCUT2D eigenvalue weighted by atomic mass is 9.77. The van der Waals surface area contributed by atoms with E-state index in [0.717, 1.165) is 57.5 Å². The van der Waals surface area contributed by atoms with Crippen molar-refractivity contribution in [3.05, 3.63) is 196 Å². The number of benzene rings is 5. The Labute approximate surface area is 303 Å². The van der Waals surface area contributed by atoms with Gasteiger partial charge >= 0.3 is 5.97 Å². The fraction of sp³-hybridized carbons (Fsp3) is 0.159. The predicted molar refractivity (Wildman–Crippen MR) is 203 cm³/mol. The van der Waals surface area contributed by atoms with E-state index in [1.54, 1.807) is 10.6 Å². The van der Waals surface area contributed by atoms with Gasteiger partial charge in [-0.3, -0.25) is 4.79 Å². The molecule has 0 aliphatic rings. The lowest BCUT2D eigenvalue weighted by Crippen LogP contribution is -2.39. The third-order valence-corrected chi connectivity index (χ3v) is 9.53. The highest BCUT2D eigenvalue weighted by Crippen LogP contribution is 2.43. The number of aromatic nitrogens is 5. The largest absolute Gasteiger partial charge is 0.465 e. The number of aryl methyl sites for hydroxylation is 1. The lowest BCUT2D eigenvalue weighted by molar-refractivity contribution is 0.0600. The van der Waals surface area contributed by atoms with Crippen molar-refractivity contribution in [3.63, 3.8) is 0 Å². The van der Waals surface area contributed by atoms with Crippen LogP contribution in [0.3, 0.4) is 0 Å². The molecule has 8 nitrogen and oxygen atoms in total. The first-order valence-electron chi connectivity index (χ1n) is 17.5. The number of pyridine rings is 1. The first kappa shape index (κ1) is 34.1. The van der Waals surface area contributed by atoms with Crippen LogP contribution in [0.1, 0.15) is 58.1 Å². The Bertz CT molecular complexity index is 2240. The molecule has 0 saturated carbocycles. The molecule has 8 heteroatoms. The second-order valence-electron chi connectivity index (χ2n) is 12.7. The first-order chi connectivity index (χ1) is 25.5. The summed E-state index contributed by atoms with van der Waals surface area (Å²) in [6, 6.07) is 50.4. The Kier molecular flexibility index (Phi) is 9.97. The number of tetrazole rings is 1. The maximum atomic E-state index is 13.6. The second kappa shape index (κ2) is 15.2. The summed E-state index contributed by atoms with van der Waals surface area (Å²) in [5.74, 6) is 0.0407. The molecule has 0 amide bonds. The molecule has 52 heavy (non-hydrogen) atoms. The molecule has 5 aromatic carbocycles. The Morgan fingerprint density at radius 1 is 0.712 bits per heavy atom. The van der Waals surface area contributed by atoms with Gasteiger partial charge in [-0.2, -0.15) is 0 Å². The summed E-state index contributed by atoms with van der Waals surface area (Å²) >= 11 is 0. The molecule has 0 N–H and O–H groups in total. The van der Waals surface area contributed by atoms with Crippen molar-refractivity contribution >= 4 is 5.97 Å². The smallest absolute Gasteiger partial charge is 0.338 e. The number of hydrogen-bond donors (Lipinski definition) is 0. The van der Waals surface area contributed by atoms with Gasteiger partial charge in [0.25, 0.3) is 5.56 Å². The van der Waals surface area contributed by atoms with Crippen LogP contribution in [0.5, 0.6) is 0 Å². The van der Waals surface area contributed by atoms with E-state index < -0.39 is 11.5 Å². The zero-order chi connectivity index (χ0) is 35.9. The van der Waals surface area contributed by atoms with Gasteiger partial charge in [-0.15, -0.1) is 5.10 Å². The van der Waals surface area contributed by atoms with Crippen molar-refractivity contribution in [3.8, 4) is 22.5 Å². The van der Waals surface area contributed by atoms with Crippen LogP contribution in [0, 0.1) is 0 Å². The summed E-state index contributed by atoms with van der Waals surface area (Å²) in [7, 11) is 1.32. The fourth-order valence-electron chi connectivity index (χ4n) is 7.04. The average Bonchev–Trinajstić information content (AvgIpc) is 3.69. The molecule has 0 saturated heterocycles. The van der Waals surface area contributed by atoms with Gasteiger partial charge in [0.15, 0.2) is 5.82 Å². The Morgan fingerprint density at radius 2 is 1.29 bits per heavy atom. The SMILES string of the molecule is CCCCc1cc(C(=O)OC)cc(=O)n1Cc1ccc(-c2ccccc2)c(-c2nnnn2C(c2ccccc2)(c2ccccc2)c2ccccc2)c1. The predicted octanol–water partition coefficient (Wildman–Crippen LogP) is 8.19. The van der Waals surface area contributed by atoms with E-state index in [-0.39, 0.29) is 11.1 Å². The molecule has 258 valence electrons. The molecular formula is C44H39N5O3. The third kappa shape index (κ3) is 6.47. The molecule has 0 fully saturated rings. The molecule has 0 bridgehead atoms. The number of methoxy groups -OCH3 is 1. The average molecular weight is 686 g/mol. The van der Waals surface area contributed by atoms with Crippen molar-refractivity contribution in [2.45, 2.75) is 38.3 Å². The van der Waals surface area contributed by atoms with Crippen LogP contribution in [0.2, 0.25) is 0 Å². The lowest BCUT2D eigenvalue weighted by Gasteiger charge is -2.36. The van der Waals surface area contributed by atoms with Crippen LogP contribution in [-0.2, 0) is 23.2 Å². The van der Waals surface area contributed by atoms with Gasteiger partial charge in [-0.25, -0.2) is 9.48 Å². The summed E-state index contributed by atoms with van der Waals surface area (Å²) in [4.78, 5) is 26.1. The molecule has 7 rings (SSSR count). The number of unbranched alkanes of at least 4 members (excludes halogenated alkanes) is 1. The van der Waals surface area contributed by atoms with E-state index >= 15 is 0 Å². The summed E-state index contributed by atoms with van der Waals surface area (Å²) in [6.07, 6.45) is 2.47. The molecule has 0 aliphatic heterocycles. The van der Waals surface area contributed by atoms with Gasteiger partial charge in [0.1, 0.15) is 5.54 Å². The van der Waals surface area contributed by atoms with Gasteiger partial charge in [-0.1, -0.05) is 147 Å². The van der Waals surface area contributed by atoms with Crippen LogP contribution < -0.4 is 5.56 Å². The highest BCUT2D eigenvalue weighted by molar-refractivity contribution is 5.89. The van der Waals surface area contributed by atoms with E-state index in [0.29, 0.717) is 18.8 Å². The number of esters is 1. The summed E-state index contributed by atoms with van der Waals surface area (Å²) in [5.41, 5.74) is 6.48. The second-order valence-corrected chi connectivity index (χ2v) is 12.7. The van der Waals surface area contributed by atoms with Gasteiger partial charge in [0.2, 0.25) is 0 Å². The number of hydrogen-bond acceptors (Lipinski definition) is 6. The Morgan fingerprint density at radius 3 is 1.85 bits per heavy atom. The number of rotatable bonds is 12. The van der Waals surface area contributed by atoms with Crippen LogP contribution >= 0.6 is 0 Å². The highest BCUT2D eigenvalue weighted by atomic mass is 16.5. The molecule has 0 atom stereocenters. The molecule has 0 unspecified atom stereocenters. The van der Waals surface area contributed by atoms with E-state index in [9.17, 15) is 9.59 Å². The monoisotopic (exact) mass is 685 g/mol. The van der Waals surface area contributed by atoms with Gasteiger partial charge in [0.05, 0.1) is 19.2 Å². The van der Waals surface area contributed by atoms with E-state index in [1.807, 2.05) is 83.5 Å². The molecule has 0 spiro atoms. The normalized spacial score (nSPS) is 11.3. The first-order valence-corrected chi connectivity index (χ1v) is 17.5. The van der Waals surface area contributed by atoms with Crippen molar-refractivity contribution in [1.29, 1.82) is 0 Å². The zero-order valence-electron chi connectivity index (χ0n) is 29.2. The highest BCUT2D eigenvalue weighted by Gasteiger charge is 2.42. The van der Waals surface area contributed by atoms with Gasteiger partial charge in [-0.05, 0) is 68.8 Å². The third-order valence-electron chi connectivity index (χ3n) is 9.53. The molecule has 0 aliphatic carbocycles. The minimum Gasteiger partial charge on any atom is -0.465 e. The van der Waals surface area contributed by atoms with Crippen molar-refractivity contribution in [1.82, 2.24) is 24.8 Å². The van der Waals surface area contributed by atoms with Gasteiger partial charge in [0, 0.05) is 17.3 Å². The fourth-order valence-corrected chi connectivity index (χ4v) is 7.04. The molecule has 2 heterocycles. The van der Waals surface area contributed by atoms with Crippen LogP contribution in [-0.4, -0.2) is 37.9 Å². The Balaban J connectivity index is 1.47. The minimum atomic E-state index is -0.944. The quantitative estimate of drug-likeness (QED) is 0.0952. The van der Waals surface area contributed by atoms with E-state index in [1.165, 1.54) is 13.2 Å². The molecule has 2 aromatic heterocycles. The zero-order valence-corrected chi connectivity index (χ0v) is 29.2. The summed E-state index contributed by atoms with van der Waals surface area (Å²) < 4.78 is 8.63. The number of nitrogens with zero attached hydrogens (tertiary/aromatic N) is 5.